The molecule has 0 aliphatic heterocycles. The second kappa shape index (κ2) is 6.75. The smallest absolute Gasteiger partial charge is 0.360 e. The molecular formula is C15H20F3N3O3Si. The molecule has 0 bridgehead atoms. The van der Waals surface area contributed by atoms with Gasteiger partial charge in [-0.15, -0.1) is 0 Å². The monoisotopic (exact) mass is 375 g/mol. The fourth-order valence-electron chi connectivity index (χ4n) is 2.37. The average Bonchev–Trinajstić information content (AvgIpc) is 2.76. The molecule has 0 spiro atoms. The first-order valence-corrected chi connectivity index (χ1v) is 11.4. The van der Waals surface area contributed by atoms with Crippen molar-refractivity contribution in [1.29, 1.82) is 0 Å². The second-order valence-electron chi connectivity index (χ2n) is 7.07. The molecule has 0 atom stereocenters. The quantitative estimate of drug-likeness (QED) is 0.321. The van der Waals surface area contributed by atoms with Crippen LogP contribution in [-0.2, 0) is 17.6 Å². The number of fused-ring (bicyclic) bond motifs is 1. The van der Waals surface area contributed by atoms with Gasteiger partial charge >= 0.3 is 6.18 Å². The summed E-state index contributed by atoms with van der Waals surface area (Å²) in [6.07, 6.45) is -4.82. The van der Waals surface area contributed by atoms with E-state index in [2.05, 4.69) is 24.7 Å². The number of nitrogens with zero attached hydrogens (tertiary/aromatic N) is 3. The van der Waals surface area contributed by atoms with Gasteiger partial charge in [-0.05, 0) is 19.0 Å². The van der Waals surface area contributed by atoms with Crippen LogP contribution in [0, 0.1) is 17.0 Å². The molecule has 1 heterocycles. The molecular weight excluding hydrogens is 355 g/mol. The summed E-state index contributed by atoms with van der Waals surface area (Å²) in [4.78, 5) is 9.97. The van der Waals surface area contributed by atoms with E-state index in [1.165, 1.54) is 4.68 Å². The molecule has 2 rings (SSSR count). The number of aromatic nitrogens is 2. The Morgan fingerprint density at radius 2 is 1.96 bits per heavy atom. The zero-order valence-electron chi connectivity index (χ0n) is 14.5. The van der Waals surface area contributed by atoms with Gasteiger partial charge in [-0.3, -0.25) is 10.1 Å². The first-order valence-electron chi connectivity index (χ1n) is 7.70. The third-order valence-electron chi connectivity index (χ3n) is 3.76. The summed E-state index contributed by atoms with van der Waals surface area (Å²) < 4.78 is 46.3. The van der Waals surface area contributed by atoms with Gasteiger partial charge in [0.15, 0.2) is 0 Å². The van der Waals surface area contributed by atoms with Crippen LogP contribution in [0.1, 0.15) is 11.3 Å². The Kier molecular flexibility index (Phi) is 5.24. The fraction of sp³-hybridized carbons (Fsp3) is 0.533. The van der Waals surface area contributed by atoms with Gasteiger partial charge in [0.1, 0.15) is 12.3 Å². The summed E-state index contributed by atoms with van der Waals surface area (Å²) >= 11 is 0. The molecule has 25 heavy (non-hydrogen) atoms. The Morgan fingerprint density at radius 1 is 1.32 bits per heavy atom. The van der Waals surface area contributed by atoms with Crippen molar-refractivity contribution < 1.29 is 22.8 Å². The van der Waals surface area contributed by atoms with Gasteiger partial charge in [0.05, 0.1) is 16.1 Å². The van der Waals surface area contributed by atoms with Crippen LogP contribution in [-0.4, -0.2) is 29.4 Å². The van der Waals surface area contributed by atoms with E-state index < -0.39 is 30.4 Å². The van der Waals surface area contributed by atoms with Crippen molar-refractivity contribution in [1.82, 2.24) is 9.78 Å². The van der Waals surface area contributed by atoms with Gasteiger partial charge in [0.25, 0.3) is 5.69 Å². The maximum atomic E-state index is 13.2. The summed E-state index contributed by atoms with van der Waals surface area (Å²) in [5, 5.41) is 15.5. The molecule has 0 amide bonds. The highest BCUT2D eigenvalue weighted by Gasteiger charge is 2.39. The van der Waals surface area contributed by atoms with Crippen molar-refractivity contribution in [3.8, 4) is 0 Å². The number of nitro groups is 1. The van der Waals surface area contributed by atoms with Crippen molar-refractivity contribution in [2.45, 2.75) is 45.5 Å². The first-order chi connectivity index (χ1) is 11.4. The number of alkyl halides is 3. The molecule has 0 saturated heterocycles. The van der Waals surface area contributed by atoms with Crippen LogP contribution in [0.4, 0.5) is 18.9 Å². The molecule has 2 aromatic rings. The molecule has 0 radical (unpaired) electrons. The number of hydrogen-bond acceptors (Lipinski definition) is 4. The van der Waals surface area contributed by atoms with E-state index >= 15 is 0 Å². The number of hydrogen-bond donors (Lipinski definition) is 0. The average molecular weight is 375 g/mol. The maximum Gasteiger partial charge on any atom is 0.423 e. The Bertz CT molecular complexity index is 797. The largest absolute Gasteiger partial charge is 0.423 e. The highest BCUT2D eigenvalue weighted by Crippen LogP contribution is 2.39. The minimum Gasteiger partial charge on any atom is -0.360 e. The molecule has 138 valence electrons. The van der Waals surface area contributed by atoms with Crippen molar-refractivity contribution in [2.75, 3.05) is 6.61 Å². The predicted molar refractivity (Wildman–Crippen MR) is 90.2 cm³/mol. The molecule has 1 aromatic heterocycles. The van der Waals surface area contributed by atoms with Gasteiger partial charge in [-0.1, -0.05) is 19.6 Å². The SMILES string of the molecule is Cc1nn(COCC[Si](C)(C)C)c2cc(C(F)(F)F)c([N+](=O)[O-])cc12. The summed E-state index contributed by atoms with van der Waals surface area (Å²) in [5.41, 5.74) is -1.67. The van der Waals surface area contributed by atoms with Crippen LogP contribution >= 0.6 is 0 Å². The van der Waals surface area contributed by atoms with Crippen molar-refractivity contribution >= 4 is 24.7 Å². The van der Waals surface area contributed by atoms with Gasteiger partial charge in [0.2, 0.25) is 0 Å². The Hall–Kier alpha value is -1.94. The molecule has 1 aromatic carbocycles. The molecule has 10 heteroatoms. The fourth-order valence-corrected chi connectivity index (χ4v) is 3.13. The summed E-state index contributed by atoms with van der Waals surface area (Å²) in [6.45, 7) is 8.67. The van der Waals surface area contributed by atoms with E-state index in [1.807, 2.05) is 0 Å². The summed E-state index contributed by atoms with van der Waals surface area (Å²) in [5.74, 6) is 0. The summed E-state index contributed by atoms with van der Waals surface area (Å²) in [6, 6.07) is 2.62. The minimum atomic E-state index is -4.82. The first kappa shape index (κ1) is 19.4. The van der Waals surface area contributed by atoms with Crippen LogP contribution in [0.2, 0.25) is 25.7 Å². The Labute approximate surface area is 143 Å². The maximum absolute atomic E-state index is 13.2. The van der Waals surface area contributed by atoms with Crippen molar-refractivity contribution in [3.05, 3.63) is 33.5 Å². The number of halogens is 3. The topological polar surface area (TPSA) is 70.2 Å². The zero-order chi connectivity index (χ0) is 19.0. The molecule has 0 aliphatic rings. The van der Waals surface area contributed by atoms with E-state index in [0.717, 1.165) is 18.2 Å². The van der Waals surface area contributed by atoms with E-state index in [9.17, 15) is 23.3 Å². The van der Waals surface area contributed by atoms with Crippen LogP contribution < -0.4 is 0 Å². The van der Waals surface area contributed by atoms with Crippen LogP contribution in [0.5, 0.6) is 0 Å². The lowest BCUT2D eigenvalue weighted by molar-refractivity contribution is -0.387. The van der Waals surface area contributed by atoms with Gasteiger partial charge in [-0.25, -0.2) is 4.68 Å². The molecule has 0 saturated carbocycles. The van der Waals surface area contributed by atoms with Crippen LogP contribution in [0.3, 0.4) is 0 Å². The zero-order valence-corrected chi connectivity index (χ0v) is 15.5. The van der Waals surface area contributed by atoms with E-state index in [4.69, 9.17) is 4.74 Å². The number of ether oxygens (including phenoxy) is 1. The van der Waals surface area contributed by atoms with Crippen LogP contribution in [0.25, 0.3) is 10.9 Å². The van der Waals surface area contributed by atoms with Gasteiger partial charge in [0, 0.05) is 26.1 Å². The van der Waals surface area contributed by atoms with Gasteiger partial charge in [-0.2, -0.15) is 18.3 Å². The number of nitro benzene ring substituents is 1. The molecule has 0 fully saturated rings. The third-order valence-corrected chi connectivity index (χ3v) is 5.47. The van der Waals surface area contributed by atoms with Crippen molar-refractivity contribution in [3.63, 3.8) is 0 Å². The molecule has 0 unspecified atom stereocenters. The highest BCUT2D eigenvalue weighted by molar-refractivity contribution is 6.76. The summed E-state index contributed by atoms with van der Waals surface area (Å²) in [7, 11) is -1.28. The van der Waals surface area contributed by atoms with Crippen molar-refractivity contribution in [2.24, 2.45) is 0 Å². The minimum absolute atomic E-state index is 0.00390. The van der Waals surface area contributed by atoms with Crippen LogP contribution in [0.15, 0.2) is 12.1 Å². The van der Waals surface area contributed by atoms with E-state index in [1.54, 1.807) is 6.92 Å². The lowest BCUT2D eigenvalue weighted by Gasteiger charge is -2.15. The molecule has 0 N–H and O–H groups in total. The number of rotatable bonds is 6. The standard InChI is InChI=1S/C15H20F3N3O3Si/c1-10-11-7-14(21(22)23)12(15(16,17)18)8-13(11)20(19-10)9-24-5-6-25(2,3)4/h7-8H,5-6,9H2,1-4H3. The van der Waals surface area contributed by atoms with Gasteiger partial charge < -0.3 is 4.74 Å². The predicted octanol–water partition coefficient (Wildman–Crippen LogP) is 4.58. The highest BCUT2D eigenvalue weighted by atomic mass is 28.3. The number of aryl methyl sites for hydroxylation is 1. The molecule has 6 nitrogen and oxygen atoms in total. The Balaban J connectivity index is 2.38. The third kappa shape index (κ3) is 4.57. The lowest BCUT2D eigenvalue weighted by atomic mass is 10.1. The Morgan fingerprint density at radius 3 is 2.48 bits per heavy atom. The number of benzene rings is 1. The normalized spacial score (nSPS) is 12.8. The molecule has 0 aliphatic carbocycles. The van der Waals surface area contributed by atoms with E-state index in [0.29, 0.717) is 17.7 Å². The lowest BCUT2D eigenvalue weighted by Crippen LogP contribution is -2.22. The second-order valence-corrected chi connectivity index (χ2v) is 12.7. The van der Waals surface area contributed by atoms with E-state index in [-0.39, 0.29) is 12.2 Å².